The van der Waals surface area contributed by atoms with Gasteiger partial charge in [0.15, 0.2) is 0 Å². The van der Waals surface area contributed by atoms with Crippen LogP contribution in [-0.2, 0) is 6.42 Å². The van der Waals surface area contributed by atoms with Crippen molar-refractivity contribution < 1.29 is 9.84 Å². The van der Waals surface area contributed by atoms with Gasteiger partial charge in [0.1, 0.15) is 18.5 Å². The smallest absolute Gasteiger partial charge is 0.119 e. The van der Waals surface area contributed by atoms with Gasteiger partial charge in [-0.2, -0.15) is 0 Å². The zero-order chi connectivity index (χ0) is 13.5. The van der Waals surface area contributed by atoms with Crippen LogP contribution in [0.15, 0.2) is 18.2 Å². The fourth-order valence-corrected chi connectivity index (χ4v) is 1.74. The molecular formula is C15H25NO2. The summed E-state index contributed by atoms with van der Waals surface area (Å²) in [6.07, 6.45) is 0.521. The number of hydrogen-bond donors (Lipinski definition) is 2. The first-order valence-corrected chi connectivity index (χ1v) is 6.66. The van der Waals surface area contributed by atoms with Crippen molar-refractivity contribution >= 4 is 0 Å². The molecule has 3 nitrogen and oxygen atoms in total. The summed E-state index contributed by atoms with van der Waals surface area (Å²) in [4.78, 5) is 0. The van der Waals surface area contributed by atoms with E-state index >= 15 is 0 Å². The van der Waals surface area contributed by atoms with Gasteiger partial charge >= 0.3 is 0 Å². The molecule has 3 heteroatoms. The van der Waals surface area contributed by atoms with Crippen LogP contribution in [-0.4, -0.2) is 30.4 Å². The Morgan fingerprint density at radius 2 is 2.00 bits per heavy atom. The molecule has 2 N–H and O–H groups in total. The van der Waals surface area contributed by atoms with E-state index in [9.17, 15) is 5.11 Å². The Bertz CT molecular complexity index is 364. The van der Waals surface area contributed by atoms with E-state index in [-0.39, 0.29) is 0 Å². The Hall–Kier alpha value is -1.06. The fraction of sp³-hybridized carbons (Fsp3) is 0.600. The summed E-state index contributed by atoms with van der Waals surface area (Å²) in [5, 5.41) is 13.0. The molecule has 0 aromatic heterocycles. The van der Waals surface area contributed by atoms with E-state index in [0.717, 1.165) is 12.2 Å². The van der Waals surface area contributed by atoms with Gasteiger partial charge in [0.2, 0.25) is 0 Å². The third kappa shape index (κ3) is 5.52. The van der Waals surface area contributed by atoms with Crippen LogP contribution in [0.1, 0.15) is 31.9 Å². The van der Waals surface area contributed by atoms with E-state index in [0.29, 0.717) is 19.2 Å². The van der Waals surface area contributed by atoms with Gasteiger partial charge in [-0.1, -0.05) is 26.8 Å². The maximum Gasteiger partial charge on any atom is 0.119 e. The van der Waals surface area contributed by atoms with Crippen LogP contribution in [0.4, 0.5) is 0 Å². The Labute approximate surface area is 110 Å². The molecular weight excluding hydrogens is 226 g/mol. The molecule has 0 aliphatic rings. The monoisotopic (exact) mass is 251 g/mol. The Morgan fingerprint density at radius 1 is 1.28 bits per heavy atom. The first-order chi connectivity index (χ1) is 8.51. The second-order valence-corrected chi connectivity index (χ2v) is 5.04. The van der Waals surface area contributed by atoms with Crippen molar-refractivity contribution in [1.82, 2.24) is 5.32 Å². The average Bonchev–Trinajstić information content (AvgIpc) is 2.33. The molecule has 0 aliphatic carbocycles. The molecule has 0 aliphatic heterocycles. The molecule has 0 fully saturated rings. The minimum Gasteiger partial charge on any atom is -0.491 e. The molecule has 0 radical (unpaired) electrons. The summed E-state index contributed by atoms with van der Waals surface area (Å²) in [5.74, 6) is 0.843. The van der Waals surface area contributed by atoms with E-state index in [4.69, 9.17) is 4.74 Å². The van der Waals surface area contributed by atoms with Crippen LogP contribution < -0.4 is 10.1 Å². The second kappa shape index (κ2) is 7.39. The van der Waals surface area contributed by atoms with Gasteiger partial charge in [-0.3, -0.25) is 0 Å². The normalized spacial score (nSPS) is 12.8. The number of nitrogens with one attached hydrogen (secondary N) is 1. The van der Waals surface area contributed by atoms with E-state index in [1.54, 1.807) is 0 Å². The van der Waals surface area contributed by atoms with Crippen molar-refractivity contribution in [3.05, 3.63) is 29.3 Å². The molecule has 0 saturated heterocycles. The summed E-state index contributed by atoms with van der Waals surface area (Å²) < 4.78 is 5.63. The van der Waals surface area contributed by atoms with Crippen molar-refractivity contribution in [2.45, 2.75) is 46.3 Å². The quantitative estimate of drug-likeness (QED) is 0.781. The molecule has 102 valence electrons. The van der Waals surface area contributed by atoms with Gasteiger partial charge in [-0.15, -0.1) is 0 Å². The number of benzene rings is 1. The number of aryl methyl sites for hydroxylation is 2. The highest BCUT2D eigenvalue weighted by molar-refractivity contribution is 5.33. The Morgan fingerprint density at radius 3 is 2.61 bits per heavy atom. The van der Waals surface area contributed by atoms with Crippen LogP contribution >= 0.6 is 0 Å². The first kappa shape index (κ1) is 15.0. The van der Waals surface area contributed by atoms with Gasteiger partial charge in [0, 0.05) is 12.6 Å². The summed E-state index contributed by atoms with van der Waals surface area (Å²) in [5.41, 5.74) is 2.46. The highest BCUT2D eigenvalue weighted by Crippen LogP contribution is 2.17. The minimum atomic E-state index is -0.474. The molecule has 0 bridgehead atoms. The van der Waals surface area contributed by atoms with Crippen molar-refractivity contribution in [3.63, 3.8) is 0 Å². The SMILES string of the molecule is CCc1cc(C)cc(OC[C@@H](O)CNC(C)C)c1. The van der Waals surface area contributed by atoms with Gasteiger partial charge in [-0.25, -0.2) is 0 Å². The molecule has 0 saturated carbocycles. The zero-order valence-corrected chi connectivity index (χ0v) is 11.9. The topological polar surface area (TPSA) is 41.5 Å². The third-order valence-corrected chi connectivity index (χ3v) is 2.72. The van der Waals surface area contributed by atoms with E-state index < -0.39 is 6.10 Å². The molecule has 0 spiro atoms. The van der Waals surface area contributed by atoms with Crippen LogP contribution in [0, 0.1) is 6.92 Å². The predicted molar refractivity (Wildman–Crippen MR) is 75.2 cm³/mol. The standard InChI is InChI=1S/C15H25NO2/c1-5-13-6-12(4)7-15(8-13)18-10-14(17)9-16-11(2)3/h6-8,11,14,16-17H,5,9-10H2,1-4H3/t14-/m0/s1. The summed E-state index contributed by atoms with van der Waals surface area (Å²) in [6.45, 7) is 9.18. The van der Waals surface area contributed by atoms with Crippen molar-refractivity contribution in [2.75, 3.05) is 13.2 Å². The lowest BCUT2D eigenvalue weighted by Gasteiger charge is -2.15. The molecule has 1 rings (SSSR count). The van der Waals surface area contributed by atoms with Crippen LogP contribution in [0.5, 0.6) is 5.75 Å². The van der Waals surface area contributed by atoms with E-state index in [1.807, 2.05) is 12.1 Å². The fourth-order valence-electron chi connectivity index (χ4n) is 1.74. The molecule has 1 aromatic carbocycles. The van der Waals surface area contributed by atoms with Gasteiger partial charge in [0.25, 0.3) is 0 Å². The lowest BCUT2D eigenvalue weighted by molar-refractivity contribution is 0.104. The van der Waals surface area contributed by atoms with Crippen molar-refractivity contribution in [3.8, 4) is 5.75 Å². The predicted octanol–water partition coefficient (Wildman–Crippen LogP) is 2.30. The highest BCUT2D eigenvalue weighted by atomic mass is 16.5. The molecule has 0 heterocycles. The average molecular weight is 251 g/mol. The van der Waals surface area contributed by atoms with Gasteiger partial charge in [0.05, 0.1) is 0 Å². The summed E-state index contributed by atoms with van der Waals surface area (Å²) in [7, 11) is 0. The van der Waals surface area contributed by atoms with E-state index in [2.05, 4.69) is 39.1 Å². The second-order valence-electron chi connectivity index (χ2n) is 5.04. The molecule has 18 heavy (non-hydrogen) atoms. The lowest BCUT2D eigenvalue weighted by atomic mass is 10.1. The Kier molecular flexibility index (Phi) is 6.16. The summed E-state index contributed by atoms with van der Waals surface area (Å²) in [6, 6.07) is 6.58. The summed E-state index contributed by atoms with van der Waals surface area (Å²) >= 11 is 0. The van der Waals surface area contributed by atoms with Crippen LogP contribution in [0.25, 0.3) is 0 Å². The third-order valence-electron chi connectivity index (χ3n) is 2.72. The molecule has 1 atom stereocenters. The lowest BCUT2D eigenvalue weighted by Crippen LogP contribution is -2.35. The van der Waals surface area contributed by atoms with Crippen molar-refractivity contribution in [1.29, 1.82) is 0 Å². The van der Waals surface area contributed by atoms with Gasteiger partial charge in [-0.05, 0) is 36.6 Å². The molecule has 0 unspecified atom stereocenters. The minimum absolute atomic E-state index is 0.326. The number of aliphatic hydroxyl groups is 1. The maximum absolute atomic E-state index is 9.77. The van der Waals surface area contributed by atoms with Gasteiger partial charge < -0.3 is 15.2 Å². The number of aliphatic hydroxyl groups excluding tert-OH is 1. The molecule has 1 aromatic rings. The number of rotatable bonds is 7. The number of ether oxygens (including phenoxy) is 1. The molecule has 0 amide bonds. The highest BCUT2D eigenvalue weighted by Gasteiger charge is 2.06. The largest absolute Gasteiger partial charge is 0.491 e. The first-order valence-electron chi connectivity index (χ1n) is 6.66. The van der Waals surface area contributed by atoms with Crippen molar-refractivity contribution in [2.24, 2.45) is 0 Å². The van der Waals surface area contributed by atoms with Crippen LogP contribution in [0.2, 0.25) is 0 Å². The number of hydrogen-bond acceptors (Lipinski definition) is 3. The maximum atomic E-state index is 9.77. The van der Waals surface area contributed by atoms with E-state index in [1.165, 1.54) is 11.1 Å². The zero-order valence-electron chi connectivity index (χ0n) is 11.9. The Balaban J connectivity index is 2.45. The van der Waals surface area contributed by atoms with Crippen LogP contribution in [0.3, 0.4) is 0 Å².